The molecule has 0 radical (unpaired) electrons. The number of rotatable bonds is 7. The Kier molecular flexibility index (Phi) is 6.82. The van der Waals surface area contributed by atoms with E-state index in [1.807, 2.05) is 18.5 Å². The minimum absolute atomic E-state index is 0.648. The highest BCUT2D eigenvalue weighted by molar-refractivity contribution is 7.11. The predicted octanol–water partition coefficient (Wildman–Crippen LogP) is 2.74. The number of pyridine rings is 1. The van der Waals surface area contributed by atoms with Gasteiger partial charge in [0.2, 0.25) is 0 Å². The fourth-order valence-electron chi connectivity index (χ4n) is 3.00. The minimum atomic E-state index is 0.648. The molecule has 3 rings (SSSR count). The van der Waals surface area contributed by atoms with Gasteiger partial charge in [0.05, 0.1) is 11.6 Å². The van der Waals surface area contributed by atoms with E-state index in [-0.39, 0.29) is 0 Å². The maximum atomic E-state index is 4.72. The van der Waals surface area contributed by atoms with Crippen LogP contribution in [0.3, 0.4) is 0 Å². The first-order valence-corrected chi connectivity index (χ1v) is 10.2. The highest BCUT2D eigenvalue weighted by Gasteiger charge is 2.13. The second kappa shape index (κ2) is 9.52. The predicted molar refractivity (Wildman–Crippen MR) is 109 cm³/mol. The van der Waals surface area contributed by atoms with E-state index in [1.165, 1.54) is 23.3 Å². The average molecular weight is 373 g/mol. The van der Waals surface area contributed by atoms with Gasteiger partial charge in [0.25, 0.3) is 0 Å². The zero-order valence-corrected chi connectivity index (χ0v) is 16.5. The number of guanidine groups is 1. The summed E-state index contributed by atoms with van der Waals surface area (Å²) < 4.78 is 0. The quantitative estimate of drug-likeness (QED) is 0.578. The van der Waals surface area contributed by atoms with Crippen molar-refractivity contribution in [3.8, 4) is 0 Å². The average Bonchev–Trinajstić information content (AvgIpc) is 3.32. The van der Waals surface area contributed by atoms with Crippen LogP contribution in [-0.4, -0.2) is 42.1 Å². The summed E-state index contributed by atoms with van der Waals surface area (Å²) in [6.45, 7) is 8.71. The van der Waals surface area contributed by atoms with Crippen LogP contribution in [-0.2, 0) is 13.0 Å². The Hall–Kier alpha value is -2.15. The maximum Gasteiger partial charge on any atom is 0.191 e. The minimum Gasteiger partial charge on any atom is -0.357 e. The number of nitrogens with zero attached hydrogens (tertiary/aromatic N) is 4. The number of aliphatic imine (C=N–C) groups is 1. The summed E-state index contributed by atoms with van der Waals surface area (Å²) in [5.41, 5.74) is 1.19. The molecule has 3 heterocycles. The Labute approximate surface area is 159 Å². The van der Waals surface area contributed by atoms with Crippen LogP contribution >= 0.6 is 11.3 Å². The van der Waals surface area contributed by atoms with Crippen molar-refractivity contribution in [3.05, 3.63) is 40.0 Å². The van der Waals surface area contributed by atoms with Gasteiger partial charge < -0.3 is 15.5 Å². The molecule has 0 amide bonds. The zero-order valence-electron chi connectivity index (χ0n) is 15.7. The molecule has 1 aliphatic rings. The van der Waals surface area contributed by atoms with Crippen LogP contribution in [0.15, 0.2) is 29.5 Å². The summed E-state index contributed by atoms with van der Waals surface area (Å²) in [6, 6.07) is 4.21. The number of anilines is 1. The van der Waals surface area contributed by atoms with Crippen LogP contribution in [0.2, 0.25) is 0 Å². The standard InChI is InChI=1S/C19H28N6S/c1-3-20-19(22-9-7-18-23-13-15(2)26-18)24-14-16-6-8-21-17(12-16)25-10-4-5-11-25/h6,8,12-13H,3-5,7,9-11,14H2,1-2H3,(H2,20,22,24). The third-order valence-electron chi connectivity index (χ3n) is 4.30. The highest BCUT2D eigenvalue weighted by Crippen LogP contribution is 2.18. The van der Waals surface area contributed by atoms with Crippen LogP contribution in [0.1, 0.15) is 35.2 Å². The number of hydrogen-bond acceptors (Lipinski definition) is 5. The molecule has 7 heteroatoms. The van der Waals surface area contributed by atoms with Crippen molar-refractivity contribution >= 4 is 23.1 Å². The van der Waals surface area contributed by atoms with Gasteiger partial charge in [-0.3, -0.25) is 0 Å². The lowest BCUT2D eigenvalue weighted by Crippen LogP contribution is -2.38. The highest BCUT2D eigenvalue weighted by atomic mass is 32.1. The monoisotopic (exact) mass is 372 g/mol. The van der Waals surface area contributed by atoms with E-state index >= 15 is 0 Å². The zero-order chi connectivity index (χ0) is 18.2. The molecule has 0 aromatic carbocycles. The van der Waals surface area contributed by atoms with Gasteiger partial charge in [-0.1, -0.05) is 0 Å². The summed E-state index contributed by atoms with van der Waals surface area (Å²) in [5, 5.41) is 7.87. The molecule has 140 valence electrons. The van der Waals surface area contributed by atoms with Crippen molar-refractivity contribution in [2.24, 2.45) is 4.99 Å². The summed E-state index contributed by atoms with van der Waals surface area (Å²) in [7, 11) is 0. The van der Waals surface area contributed by atoms with Crippen LogP contribution < -0.4 is 15.5 Å². The molecule has 1 fully saturated rings. The third kappa shape index (κ3) is 5.42. The number of aromatic nitrogens is 2. The van der Waals surface area contributed by atoms with E-state index in [2.05, 4.69) is 45.4 Å². The van der Waals surface area contributed by atoms with Gasteiger partial charge in [0.1, 0.15) is 5.82 Å². The van der Waals surface area contributed by atoms with E-state index in [0.717, 1.165) is 49.4 Å². The van der Waals surface area contributed by atoms with Gasteiger partial charge in [-0.25, -0.2) is 15.0 Å². The van der Waals surface area contributed by atoms with Gasteiger partial charge in [-0.2, -0.15) is 0 Å². The smallest absolute Gasteiger partial charge is 0.191 e. The van der Waals surface area contributed by atoms with Crippen LogP contribution in [0.5, 0.6) is 0 Å². The van der Waals surface area contributed by atoms with Gasteiger partial charge in [0.15, 0.2) is 5.96 Å². The van der Waals surface area contributed by atoms with E-state index in [4.69, 9.17) is 4.99 Å². The topological polar surface area (TPSA) is 65.4 Å². The molecule has 0 bridgehead atoms. The van der Waals surface area contributed by atoms with Crippen molar-refractivity contribution < 1.29 is 0 Å². The molecule has 0 saturated carbocycles. The molecule has 0 unspecified atom stereocenters. The molecule has 0 spiro atoms. The Morgan fingerprint density at radius 3 is 2.85 bits per heavy atom. The first-order valence-electron chi connectivity index (χ1n) is 9.38. The maximum absolute atomic E-state index is 4.72. The SMILES string of the molecule is CCNC(=NCc1ccnc(N2CCCC2)c1)NCCc1ncc(C)s1. The fraction of sp³-hybridized carbons (Fsp3) is 0.526. The molecular formula is C19H28N6S. The lowest BCUT2D eigenvalue weighted by atomic mass is 10.2. The summed E-state index contributed by atoms with van der Waals surface area (Å²) in [5.74, 6) is 1.92. The van der Waals surface area contributed by atoms with Crippen molar-refractivity contribution in [1.29, 1.82) is 0 Å². The molecule has 0 atom stereocenters. The van der Waals surface area contributed by atoms with Crippen molar-refractivity contribution in [2.75, 3.05) is 31.1 Å². The van der Waals surface area contributed by atoms with Crippen LogP contribution in [0.25, 0.3) is 0 Å². The van der Waals surface area contributed by atoms with Gasteiger partial charge in [0, 0.05) is 49.9 Å². The molecule has 26 heavy (non-hydrogen) atoms. The summed E-state index contributed by atoms with van der Waals surface area (Å²) >= 11 is 1.75. The third-order valence-corrected chi connectivity index (χ3v) is 5.28. The number of hydrogen-bond donors (Lipinski definition) is 2. The van der Waals surface area contributed by atoms with E-state index in [0.29, 0.717) is 6.54 Å². The number of aryl methyl sites for hydroxylation is 1. The molecule has 2 N–H and O–H groups in total. The largest absolute Gasteiger partial charge is 0.357 e. The second-order valence-electron chi connectivity index (χ2n) is 6.45. The van der Waals surface area contributed by atoms with E-state index < -0.39 is 0 Å². The molecule has 2 aromatic rings. The Morgan fingerprint density at radius 2 is 2.12 bits per heavy atom. The normalized spacial score (nSPS) is 14.7. The second-order valence-corrected chi connectivity index (χ2v) is 7.77. The van der Waals surface area contributed by atoms with Gasteiger partial charge >= 0.3 is 0 Å². The molecule has 0 aliphatic carbocycles. The Morgan fingerprint density at radius 1 is 1.27 bits per heavy atom. The number of nitrogens with one attached hydrogen (secondary N) is 2. The molecular weight excluding hydrogens is 344 g/mol. The lowest BCUT2D eigenvalue weighted by molar-refractivity contribution is 0.796. The first-order chi connectivity index (χ1) is 12.7. The molecule has 2 aromatic heterocycles. The van der Waals surface area contributed by atoms with E-state index in [1.54, 1.807) is 11.3 Å². The van der Waals surface area contributed by atoms with Crippen LogP contribution in [0, 0.1) is 6.92 Å². The summed E-state index contributed by atoms with van der Waals surface area (Å²) in [6.07, 6.45) is 7.26. The first kappa shape index (κ1) is 18.6. The van der Waals surface area contributed by atoms with Crippen molar-refractivity contribution in [3.63, 3.8) is 0 Å². The molecule has 1 saturated heterocycles. The van der Waals surface area contributed by atoms with Crippen LogP contribution in [0.4, 0.5) is 5.82 Å². The van der Waals surface area contributed by atoms with Gasteiger partial charge in [-0.05, 0) is 44.4 Å². The molecule has 6 nitrogen and oxygen atoms in total. The Bertz CT molecular complexity index is 720. The van der Waals surface area contributed by atoms with Crippen molar-refractivity contribution in [2.45, 2.75) is 39.7 Å². The van der Waals surface area contributed by atoms with Gasteiger partial charge in [-0.15, -0.1) is 11.3 Å². The van der Waals surface area contributed by atoms with Crippen molar-refractivity contribution in [1.82, 2.24) is 20.6 Å². The Balaban J connectivity index is 1.55. The summed E-state index contributed by atoms with van der Waals surface area (Å²) in [4.78, 5) is 17.2. The number of thiazole rings is 1. The fourth-order valence-corrected chi connectivity index (χ4v) is 3.78. The van der Waals surface area contributed by atoms with E-state index in [9.17, 15) is 0 Å². The molecule has 1 aliphatic heterocycles. The lowest BCUT2D eigenvalue weighted by Gasteiger charge is -2.16.